The molecule has 1 aromatic carbocycles. The van der Waals surface area contributed by atoms with Gasteiger partial charge >= 0.3 is 6.18 Å². The van der Waals surface area contributed by atoms with Gasteiger partial charge in [0.2, 0.25) is 11.8 Å². The molecule has 0 aliphatic carbocycles. The van der Waals surface area contributed by atoms with Crippen LogP contribution in [0.15, 0.2) is 18.2 Å². The van der Waals surface area contributed by atoms with Crippen molar-refractivity contribution in [2.75, 3.05) is 4.90 Å². The minimum atomic E-state index is -4.80. The Morgan fingerprint density at radius 1 is 1.35 bits per heavy atom. The fourth-order valence-electron chi connectivity index (χ4n) is 4.40. The number of ether oxygens (including phenoxy) is 1. The molecule has 3 heterocycles. The zero-order valence-electron chi connectivity index (χ0n) is 13.4. The average Bonchev–Trinajstić information content (AvgIpc) is 3.12. The molecule has 0 aromatic heterocycles. The summed E-state index contributed by atoms with van der Waals surface area (Å²) in [6.07, 6.45) is -6.35. The van der Waals surface area contributed by atoms with Gasteiger partial charge in [-0.15, -0.1) is 0 Å². The quantitative estimate of drug-likeness (QED) is 0.763. The van der Waals surface area contributed by atoms with Crippen LogP contribution in [-0.2, 0) is 20.5 Å². The summed E-state index contributed by atoms with van der Waals surface area (Å²) in [4.78, 5) is 26.3. The van der Waals surface area contributed by atoms with Crippen molar-refractivity contribution in [3.05, 3.63) is 29.3 Å². The van der Waals surface area contributed by atoms with Crippen LogP contribution >= 0.6 is 0 Å². The molecule has 3 aliphatic rings. The maximum Gasteiger partial charge on any atom is 0.417 e. The first kappa shape index (κ1) is 17.0. The monoisotopic (exact) mass is 366 g/mol. The van der Waals surface area contributed by atoms with Gasteiger partial charge in [-0.3, -0.25) is 9.59 Å². The smallest absolute Gasteiger partial charge is 0.390 e. The third-order valence-corrected chi connectivity index (χ3v) is 5.45. The van der Waals surface area contributed by atoms with Gasteiger partial charge in [0.1, 0.15) is 0 Å². The molecule has 136 valence electrons. The summed E-state index contributed by atoms with van der Waals surface area (Å²) < 4.78 is 45.2. The molecule has 3 fully saturated rings. The first-order chi connectivity index (χ1) is 12.1. The van der Waals surface area contributed by atoms with E-state index in [0.29, 0.717) is 6.07 Å². The van der Waals surface area contributed by atoms with Crippen LogP contribution in [-0.4, -0.2) is 34.7 Å². The third kappa shape index (κ3) is 2.06. The molecule has 5 atom stereocenters. The molecular formula is C17H13F3N2O4. The SMILES string of the molecule is CC12C[C@@H](O)C(O1)[C@H]1C(=O)N(c3ccc(C#N)c(C(F)(F)F)c3)C(=O)C12. The lowest BCUT2D eigenvalue weighted by molar-refractivity contribution is -0.138. The van der Waals surface area contributed by atoms with Gasteiger partial charge in [-0.1, -0.05) is 0 Å². The molecule has 3 saturated heterocycles. The highest BCUT2D eigenvalue weighted by molar-refractivity contribution is 6.23. The molecule has 2 bridgehead atoms. The highest BCUT2D eigenvalue weighted by Crippen LogP contribution is 2.55. The number of rotatable bonds is 1. The molecule has 0 spiro atoms. The number of carbonyl (C=O) groups is 2. The van der Waals surface area contributed by atoms with E-state index < -0.39 is 58.8 Å². The number of fused-ring (bicyclic) bond motifs is 5. The Bertz CT molecular complexity index is 878. The van der Waals surface area contributed by atoms with Gasteiger partial charge in [0.05, 0.1) is 52.5 Å². The van der Waals surface area contributed by atoms with Crippen molar-refractivity contribution in [2.24, 2.45) is 11.8 Å². The van der Waals surface area contributed by atoms with Crippen molar-refractivity contribution in [1.82, 2.24) is 0 Å². The molecule has 1 aromatic rings. The van der Waals surface area contributed by atoms with E-state index in [2.05, 4.69) is 0 Å². The Morgan fingerprint density at radius 3 is 2.65 bits per heavy atom. The predicted molar refractivity (Wildman–Crippen MR) is 79.5 cm³/mol. The Kier molecular flexibility index (Phi) is 3.30. The number of nitriles is 1. The zero-order chi connectivity index (χ0) is 19.0. The molecule has 2 amide bonds. The van der Waals surface area contributed by atoms with Gasteiger partial charge < -0.3 is 9.84 Å². The highest BCUT2D eigenvalue weighted by atomic mass is 19.4. The van der Waals surface area contributed by atoms with Gasteiger partial charge in [0.25, 0.3) is 0 Å². The van der Waals surface area contributed by atoms with Crippen LogP contribution in [0, 0.1) is 23.2 Å². The molecule has 26 heavy (non-hydrogen) atoms. The Hall–Kier alpha value is -2.44. The first-order valence-corrected chi connectivity index (χ1v) is 7.93. The molecule has 6 nitrogen and oxygen atoms in total. The molecule has 3 unspecified atom stereocenters. The Morgan fingerprint density at radius 2 is 2.04 bits per heavy atom. The van der Waals surface area contributed by atoms with E-state index in [1.165, 1.54) is 6.07 Å². The maximum atomic E-state index is 13.2. The number of carbonyl (C=O) groups excluding carboxylic acids is 2. The summed E-state index contributed by atoms with van der Waals surface area (Å²) in [6, 6.07) is 4.18. The molecule has 0 radical (unpaired) electrons. The summed E-state index contributed by atoms with van der Waals surface area (Å²) in [6.45, 7) is 1.62. The molecule has 9 heteroatoms. The van der Waals surface area contributed by atoms with Crippen LogP contribution in [0.3, 0.4) is 0 Å². The minimum absolute atomic E-state index is 0.187. The largest absolute Gasteiger partial charge is 0.417 e. The van der Waals surface area contributed by atoms with Crippen molar-refractivity contribution in [3.8, 4) is 6.07 Å². The predicted octanol–water partition coefficient (Wildman–Crippen LogP) is 1.60. The average molecular weight is 366 g/mol. The highest BCUT2D eigenvalue weighted by Gasteiger charge is 2.70. The minimum Gasteiger partial charge on any atom is -0.390 e. The number of benzene rings is 1. The van der Waals surface area contributed by atoms with Gasteiger partial charge in [0, 0.05) is 6.42 Å². The number of anilines is 1. The molecule has 1 N–H and O–H groups in total. The number of halogens is 3. The van der Waals surface area contributed by atoms with E-state index in [-0.39, 0.29) is 12.1 Å². The Labute approximate surface area is 145 Å². The molecule has 4 rings (SSSR count). The van der Waals surface area contributed by atoms with Crippen LogP contribution in [0.25, 0.3) is 0 Å². The van der Waals surface area contributed by atoms with Crippen LogP contribution < -0.4 is 4.90 Å². The van der Waals surface area contributed by atoms with Gasteiger partial charge in [-0.05, 0) is 25.1 Å². The number of hydrogen-bond acceptors (Lipinski definition) is 5. The summed E-state index contributed by atoms with van der Waals surface area (Å²) >= 11 is 0. The zero-order valence-corrected chi connectivity index (χ0v) is 13.4. The number of amides is 2. The lowest BCUT2D eigenvalue weighted by atomic mass is 9.73. The molecule has 0 saturated carbocycles. The summed E-state index contributed by atoms with van der Waals surface area (Å²) in [5, 5.41) is 18.9. The van der Waals surface area contributed by atoms with E-state index in [4.69, 9.17) is 10.00 Å². The van der Waals surface area contributed by atoms with Crippen LogP contribution in [0.5, 0.6) is 0 Å². The van der Waals surface area contributed by atoms with Crippen molar-refractivity contribution >= 4 is 17.5 Å². The van der Waals surface area contributed by atoms with Gasteiger partial charge in [-0.25, -0.2) is 4.90 Å². The number of aliphatic hydroxyl groups excluding tert-OH is 1. The topological polar surface area (TPSA) is 90.6 Å². The fourth-order valence-corrected chi connectivity index (χ4v) is 4.40. The van der Waals surface area contributed by atoms with Crippen molar-refractivity contribution < 1.29 is 32.6 Å². The second-order valence-corrected chi connectivity index (χ2v) is 7.02. The lowest BCUT2D eigenvalue weighted by Crippen LogP contribution is -2.42. The van der Waals surface area contributed by atoms with Crippen molar-refractivity contribution in [1.29, 1.82) is 5.26 Å². The first-order valence-electron chi connectivity index (χ1n) is 7.93. The summed E-state index contributed by atoms with van der Waals surface area (Å²) in [5.74, 6) is -3.09. The number of imide groups is 1. The van der Waals surface area contributed by atoms with Gasteiger partial charge in [0.15, 0.2) is 0 Å². The second kappa shape index (κ2) is 5.05. The van der Waals surface area contributed by atoms with E-state index in [1.807, 2.05) is 0 Å². The van der Waals surface area contributed by atoms with Crippen LogP contribution in [0.2, 0.25) is 0 Å². The van der Waals surface area contributed by atoms with E-state index in [1.54, 1.807) is 6.92 Å². The van der Waals surface area contributed by atoms with E-state index in [9.17, 15) is 27.9 Å². The van der Waals surface area contributed by atoms with Crippen LogP contribution in [0.4, 0.5) is 18.9 Å². The standard InChI is InChI=1S/C17H13F3N2O4/c1-16-5-10(23)13(26-16)11-12(16)15(25)22(14(11)24)8-3-2-7(6-21)9(4-8)17(18,19)20/h2-4,10-13,23H,5H2,1H3/t10-,11+,12?,13?,16?/m1/s1. The van der Waals surface area contributed by atoms with Crippen molar-refractivity contribution in [2.45, 2.75) is 37.3 Å². The number of nitrogens with zero attached hydrogens (tertiary/aromatic N) is 2. The normalized spacial score (nSPS) is 35.8. The number of alkyl halides is 3. The molecule has 3 aliphatic heterocycles. The fraction of sp³-hybridized carbons (Fsp3) is 0.471. The van der Waals surface area contributed by atoms with Gasteiger partial charge in [-0.2, -0.15) is 18.4 Å². The van der Waals surface area contributed by atoms with Crippen LogP contribution in [0.1, 0.15) is 24.5 Å². The molecular weight excluding hydrogens is 353 g/mol. The number of hydrogen-bond donors (Lipinski definition) is 1. The number of aliphatic hydroxyl groups is 1. The van der Waals surface area contributed by atoms with E-state index in [0.717, 1.165) is 17.0 Å². The van der Waals surface area contributed by atoms with E-state index >= 15 is 0 Å². The second-order valence-electron chi connectivity index (χ2n) is 7.02. The van der Waals surface area contributed by atoms with Crippen molar-refractivity contribution in [3.63, 3.8) is 0 Å². The Balaban J connectivity index is 1.78. The maximum absolute atomic E-state index is 13.2. The lowest BCUT2D eigenvalue weighted by Gasteiger charge is -2.27. The summed E-state index contributed by atoms with van der Waals surface area (Å²) in [7, 11) is 0. The summed E-state index contributed by atoms with van der Waals surface area (Å²) in [5.41, 5.74) is -3.06. The third-order valence-electron chi connectivity index (χ3n) is 5.45.